The van der Waals surface area contributed by atoms with Gasteiger partial charge in [0.25, 0.3) is 5.91 Å². The predicted octanol–water partition coefficient (Wildman–Crippen LogP) is 7.48. The smallest absolute Gasteiger partial charge is 0.259 e. The molecule has 0 bridgehead atoms. The summed E-state index contributed by atoms with van der Waals surface area (Å²) in [6.07, 6.45) is 5.58. The Kier molecular flexibility index (Phi) is 7.84. The monoisotopic (exact) mass is 504 g/mol. The Morgan fingerprint density at radius 3 is 2.64 bits per heavy atom. The van der Waals surface area contributed by atoms with Crippen molar-refractivity contribution >= 4 is 34.1 Å². The normalized spacial score (nSPS) is 15.6. The summed E-state index contributed by atoms with van der Waals surface area (Å²) in [5.41, 5.74) is 4.86. The minimum atomic E-state index is -0.0904. The van der Waals surface area contributed by atoms with Crippen LogP contribution in [0.4, 0.5) is 10.7 Å². The number of hydrogen-bond acceptors (Lipinski definition) is 5. The van der Waals surface area contributed by atoms with Crippen LogP contribution in [0, 0.1) is 11.3 Å². The zero-order valence-electron chi connectivity index (χ0n) is 22.1. The fourth-order valence-corrected chi connectivity index (χ4v) is 6.11. The van der Waals surface area contributed by atoms with Gasteiger partial charge in [0.15, 0.2) is 0 Å². The zero-order valence-corrected chi connectivity index (χ0v) is 22.9. The minimum Gasteiger partial charge on any atom is -0.497 e. The maximum Gasteiger partial charge on any atom is 0.259 e. The molecule has 0 fully saturated rings. The van der Waals surface area contributed by atoms with Gasteiger partial charge in [-0.25, -0.2) is 4.99 Å². The average Bonchev–Trinajstić information content (AvgIpc) is 3.24. The van der Waals surface area contributed by atoms with E-state index in [2.05, 4.69) is 39.1 Å². The van der Waals surface area contributed by atoms with Gasteiger partial charge in [-0.05, 0) is 72.4 Å². The molecule has 190 valence electrons. The van der Waals surface area contributed by atoms with E-state index in [0.29, 0.717) is 17.2 Å². The zero-order chi connectivity index (χ0) is 25.9. The van der Waals surface area contributed by atoms with Crippen molar-refractivity contribution in [2.45, 2.75) is 53.4 Å². The summed E-state index contributed by atoms with van der Waals surface area (Å²) in [6.45, 7) is 9.01. The van der Waals surface area contributed by atoms with Crippen LogP contribution in [0.2, 0.25) is 0 Å². The average molecular weight is 505 g/mol. The highest BCUT2D eigenvalue weighted by atomic mass is 32.1. The standard InChI is InChI=1S/C30H36N2O3S/c1-7-19-10-8-9-11-24(19)32-28(33)27-23-14-12-21(30(2,3)4)17-26(23)36-29(27)31-18-20-16-22(34-5)13-15-25(20)35-6/h8-11,13,15-16,18,21H,7,12,14,17H2,1-6H3,(H,32,33). The van der Waals surface area contributed by atoms with Crippen molar-refractivity contribution in [2.75, 3.05) is 19.5 Å². The maximum atomic E-state index is 13.7. The topological polar surface area (TPSA) is 59.9 Å². The lowest BCUT2D eigenvalue weighted by Crippen LogP contribution is -2.27. The second-order valence-electron chi connectivity index (χ2n) is 10.3. The number of methoxy groups -OCH3 is 2. The number of amides is 1. The summed E-state index contributed by atoms with van der Waals surface area (Å²) in [6, 6.07) is 13.6. The molecule has 0 radical (unpaired) electrons. The number of fused-ring (bicyclic) bond motifs is 1. The molecular weight excluding hydrogens is 468 g/mol. The number of nitrogens with zero attached hydrogens (tertiary/aromatic N) is 1. The summed E-state index contributed by atoms with van der Waals surface area (Å²) in [5, 5.41) is 3.93. The van der Waals surface area contributed by atoms with Gasteiger partial charge in [-0.3, -0.25) is 4.79 Å². The first-order valence-corrected chi connectivity index (χ1v) is 13.4. The minimum absolute atomic E-state index is 0.0904. The number of anilines is 1. The first-order chi connectivity index (χ1) is 17.2. The molecular formula is C30H36N2O3S. The van der Waals surface area contributed by atoms with Crippen LogP contribution < -0.4 is 14.8 Å². The van der Waals surface area contributed by atoms with Gasteiger partial charge in [-0.2, -0.15) is 0 Å². The largest absolute Gasteiger partial charge is 0.497 e. The third-order valence-electron chi connectivity index (χ3n) is 7.10. The number of nitrogens with one attached hydrogen (secondary N) is 1. The summed E-state index contributed by atoms with van der Waals surface area (Å²) in [7, 11) is 3.28. The van der Waals surface area contributed by atoms with Crippen molar-refractivity contribution in [3.8, 4) is 11.5 Å². The SMILES string of the molecule is CCc1ccccc1NC(=O)c1c(N=Cc2cc(OC)ccc2OC)sc2c1CCC(C(C)(C)C)C2. The fourth-order valence-electron chi connectivity index (χ4n) is 4.84. The number of thiophene rings is 1. The van der Waals surface area contributed by atoms with Gasteiger partial charge in [0.1, 0.15) is 16.5 Å². The van der Waals surface area contributed by atoms with Gasteiger partial charge in [0.05, 0.1) is 19.8 Å². The van der Waals surface area contributed by atoms with Crippen LogP contribution in [-0.4, -0.2) is 26.3 Å². The van der Waals surface area contributed by atoms with E-state index < -0.39 is 0 Å². The number of aliphatic imine (C=N–C) groups is 1. The van der Waals surface area contributed by atoms with E-state index in [-0.39, 0.29) is 11.3 Å². The second kappa shape index (κ2) is 10.9. The van der Waals surface area contributed by atoms with Gasteiger partial charge < -0.3 is 14.8 Å². The second-order valence-corrected chi connectivity index (χ2v) is 11.4. The number of para-hydroxylation sites is 1. The molecule has 0 aliphatic heterocycles. The maximum absolute atomic E-state index is 13.7. The van der Waals surface area contributed by atoms with Crippen molar-refractivity contribution in [1.82, 2.24) is 0 Å². The van der Waals surface area contributed by atoms with Gasteiger partial charge in [-0.1, -0.05) is 45.9 Å². The third-order valence-corrected chi connectivity index (χ3v) is 8.27. The molecule has 4 rings (SSSR count). The van der Waals surface area contributed by atoms with E-state index in [1.807, 2.05) is 36.4 Å². The summed E-state index contributed by atoms with van der Waals surface area (Å²) in [5.74, 6) is 1.92. The molecule has 1 aliphatic rings. The Labute approximate surface area is 218 Å². The van der Waals surface area contributed by atoms with Crippen LogP contribution in [0.1, 0.15) is 66.0 Å². The highest BCUT2D eigenvalue weighted by molar-refractivity contribution is 7.16. The van der Waals surface area contributed by atoms with E-state index in [9.17, 15) is 4.79 Å². The number of aryl methyl sites for hydroxylation is 1. The quantitative estimate of drug-likeness (QED) is 0.339. The van der Waals surface area contributed by atoms with Gasteiger partial charge in [0, 0.05) is 22.3 Å². The van der Waals surface area contributed by atoms with Crippen LogP contribution in [-0.2, 0) is 19.3 Å². The number of ether oxygens (including phenoxy) is 2. The number of benzene rings is 2. The number of rotatable bonds is 7. The van der Waals surface area contributed by atoms with E-state index >= 15 is 0 Å². The summed E-state index contributed by atoms with van der Waals surface area (Å²) in [4.78, 5) is 19.9. The van der Waals surface area contributed by atoms with Crippen LogP contribution in [0.25, 0.3) is 0 Å². The Morgan fingerprint density at radius 2 is 1.94 bits per heavy atom. The molecule has 1 amide bonds. The van der Waals surface area contributed by atoms with Crippen molar-refractivity contribution in [1.29, 1.82) is 0 Å². The molecule has 1 atom stereocenters. The lowest BCUT2D eigenvalue weighted by molar-refractivity contribution is 0.102. The van der Waals surface area contributed by atoms with E-state index in [4.69, 9.17) is 14.5 Å². The lowest BCUT2D eigenvalue weighted by Gasteiger charge is -2.33. The van der Waals surface area contributed by atoms with Gasteiger partial charge >= 0.3 is 0 Å². The molecule has 6 heteroatoms. The molecule has 0 saturated heterocycles. The molecule has 36 heavy (non-hydrogen) atoms. The van der Waals surface area contributed by atoms with Crippen LogP contribution in [0.5, 0.6) is 11.5 Å². The first kappa shape index (κ1) is 26.0. The van der Waals surface area contributed by atoms with Crippen LogP contribution in [0.3, 0.4) is 0 Å². The molecule has 0 spiro atoms. The molecule has 0 saturated carbocycles. The van der Waals surface area contributed by atoms with Crippen molar-refractivity contribution in [2.24, 2.45) is 16.3 Å². The molecule has 5 nitrogen and oxygen atoms in total. The highest BCUT2D eigenvalue weighted by Crippen LogP contribution is 2.45. The third kappa shape index (κ3) is 5.49. The Morgan fingerprint density at radius 1 is 1.17 bits per heavy atom. The molecule has 1 aliphatic carbocycles. The van der Waals surface area contributed by atoms with Crippen molar-refractivity contribution < 1.29 is 14.3 Å². The highest BCUT2D eigenvalue weighted by Gasteiger charge is 2.33. The molecule has 1 aromatic heterocycles. The van der Waals surface area contributed by atoms with Crippen LogP contribution in [0.15, 0.2) is 47.5 Å². The van der Waals surface area contributed by atoms with E-state index in [1.54, 1.807) is 31.8 Å². The fraction of sp³-hybridized carbons (Fsp3) is 0.400. The molecule has 1 N–H and O–H groups in total. The Balaban J connectivity index is 1.75. The lowest BCUT2D eigenvalue weighted by atomic mass is 9.72. The summed E-state index contributed by atoms with van der Waals surface area (Å²) < 4.78 is 10.9. The van der Waals surface area contributed by atoms with E-state index in [1.165, 1.54) is 4.88 Å². The Bertz CT molecular complexity index is 1270. The summed E-state index contributed by atoms with van der Waals surface area (Å²) >= 11 is 1.64. The van der Waals surface area contributed by atoms with Gasteiger partial charge in [0.2, 0.25) is 0 Å². The molecule has 1 heterocycles. The first-order valence-electron chi connectivity index (χ1n) is 12.5. The molecule has 2 aromatic carbocycles. The number of hydrogen-bond donors (Lipinski definition) is 1. The van der Waals surface area contributed by atoms with Crippen molar-refractivity contribution in [3.63, 3.8) is 0 Å². The van der Waals surface area contributed by atoms with E-state index in [0.717, 1.165) is 58.8 Å². The van der Waals surface area contributed by atoms with Gasteiger partial charge in [-0.15, -0.1) is 11.3 Å². The molecule has 1 unspecified atom stereocenters. The number of carbonyl (C=O) groups is 1. The van der Waals surface area contributed by atoms with Crippen molar-refractivity contribution in [3.05, 3.63) is 69.6 Å². The van der Waals surface area contributed by atoms with Crippen LogP contribution >= 0.6 is 11.3 Å². The molecule has 3 aromatic rings. The Hall–Kier alpha value is -3.12. The predicted molar refractivity (Wildman–Crippen MR) is 150 cm³/mol. The number of carbonyl (C=O) groups excluding carboxylic acids is 1.